The number of aryl methyl sites for hydroxylation is 1. The maximum absolute atomic E-state index is 12.4. The molecule has 120 valence electrons. The van der Waals surface area contributed by atoms with Gasteiger partial charge in [0.1, 0.15) is 17.6 Å². The first-order valence-corrected chi connectivity index (χ1v) is 9.23. The molecule has 3 aromatic rings. The number of nitriles is 1. The van der Waals surface area contributed by atoms with E-state index < -0.39 is 0 Å². The Morgan fingerprint density at radius 3 is 2.96 bits per heavy atom. The Kier molecular flexibility index (Phi) is 3.71. The van der Waals surface area contributed by atoms with Gasteiger partial charge in [0.25, 0.3) is 0 Å². The fourth-order valence-corrected chi connectivity index (χ4v) is 5.23. The molecule has 4 rings (SSSR count). The molecule has 0 saturated heterocycles. The normalized spacial score (nSPS) is 13.0. The number of nitrogens with one attached hydrogen (secondary N) is 1. The molecule has 24 heavy (non-hydrogen) atoms. The molecule has 0 fully saturated rings. The van der Waals surface area contributed by atoms with Crippen LogP contribution in [0.15, 0.2) is 29.1 Å². The Morgan fingerprint density at radius 2 is 2.12 bits per heavy atom. The number of amides is 1. The number of thiophene rings is 1. The van der Waals surface area contributed by atoms with E-state index >= 15 is 0 Å². The van der Waals surface area contributed by atoms with Crippen molar-refractivity contribution < 1.29 is 4.79 Å². The minimum Gasteiger partial charge on any atom is -0.315 e. The van der Waals surface area contributed by atoms with Crippen molar-refractivity contribution >= 4 is 43.8 Å². The summed E-state index contributed by atoms with van der Waals surface area (Å²) in [5.41, 5.74) is 2.43. The smallest absolute Gasteiger partial charge is 0.308 e. The Balaban J connectivity index is 1.61. The number of hydrogen-bond acceptors (Lipinski definition) is 5. The SMILES string of the molecule is N#Cc1c(NC(=O)Cn2c(=O)sc3ccccc32)sc2c1CCC2. The van der Waals surface area contributed by atoms with Gasteiger partial charge in [0.15, 0.2) is 0 Å². The van der Waals surface area contributed by atoms with Crippen LogP contribution in [-0.4, -0.2) is 10.5 Å². The van der Waals surface area contributed by atoms with Crippen LogP contribution in [0, 0.1) is 11.3 Å². The summed E-state index contributed by atoms with van der Waals surface area (Å²) in [6.07, 6.45) is 2.94. The Labute approximate surface area is 145 Å². The standard InChI is InChI=1S/C17H13N3O2S2/c18-8-11-10-4-3-7-13(10)23-16(11)19-15(21)9-20-12-5-1-2-6-14(12)24-17(20)22/h1-2,5-6H,3-4,7,9H2,(H,19,21). The monoisotopic (exact) mass is 355 g/mol. The van der Waals surface area contributed by atoms with E-state index in [1.54, 1.807) is 0 Å². The van der Waals surface area contributed by atoms with E-state index in [-0.39, 0.29) is 17.3 Å². The second-order valence-corrected chi connectivity index (χ2v) is 7.74. The second kappa shape index (κ2) is 5.89. The molecule has 2 aromatic heterocycles. The van der Waals surface area contributed by atoms with Crippen LogP contribution in [0.25, 0.3) is 10.2 Å². The third-order valence-corrected chi connectivity index (χ3v) is 6.33. The minimum absolute atomic E-state index is 0.0454. The van der Waals surface area contributed by atoms with Gasteiger partial charge in [0.2, 0.25) is 5.91 Å². The molecular weight excluding hydrogens is 342 g/mol. The van der Waals surface area contributed by atoms with Crippen LogP contribution in [0.5, 0.6) is 0 Å². The minimum atomic E-state index is -0.280. The van der Waals surface area contributed by atoms with E-state index in [0.717, 1.165) is 46.4 Å². The lowest BCUT2D eigenvalue weighted by Crippen LogP contribution is -2.24. The number of carbonyl (C=O) groups is 1. The molecule has 0 aliphatic heterocycles. The van der Waals surface area contributed by atoms with Crippen LogP contribution in [0.3, 0.4) is 0 Å². The molecule has 0 spiro atoms. The van der Waals surface area contributed by atoms with Gasteiger partial charge in [0, 0.05) is 4.88 Å². The Morgan fingerprint density at radius 1 is 1.29 bits per heavy atom. The van der Waals surface area contributed by atoms with Gasteiger partial charge in [-0.15, -0.1) is 11.3 Å². The largest absolute Gasteiger partial charge is 0.315 e. The quantitative estimate of drug-likeness (QED) is 0.784. The predicted octanol–water partition coefficient (Wildman–Crippen LogP) is 3.12. The van der Waals surface area contributed by atoms with E-state index in [1.165, 1.54) is 20.8 Å². The van der Waals surface area contributed by atoms with Gasteiger partial charge in [-0.2, -0.15) is 5.26 Å². The average Bonchev–Trinajstić information content (AvgIpc) is 3.21. The van der Waals surface area contributed by atoms with Crippen molar-refractivity contribution in [3.05, 3.63) is 49.9 Å². The average molecular weight is 355 g/mol. The number of anilines is 1. The van der Waals surface area contributed by atoms with Crippen molar-refractivity contribution in [1.82, 2.24) is 4.57 Å². The molecule has 1 amide bonds. The highest BCUT2D eigenvalue weighted by Gasteiger charge is 2.23. The Hall–Kier alpha value is -2.43. The highest BCUT2D eigenvalue weighted by molar-refractivity contribution is 7.17. The summed E-state index contributed by atoms with van der Waals surface area (Å²) >= 11 is 2.61. The fourth-order valence-electron chi connectivity index (χ4n) is 3.08. The van der Waals surface area contributed by atoms with Crippen molar-refractivity contribution in [2.24, 2.45) is 0 Å². The van der Waals surface area contributed by atoms with Gasteiger partial charge in [-0.05, 0) is 37.0 Å². The molecule has 7 heteroatoms. The zero-order chi connectivity index (χ0) is 16.7. The van der Waals surface area contributed by atoms with Crippen molar-refractivity contribution in [2.45, 2.75) is 25.8 Å². The lowest BCUT2D eigenvalue weighted by Gasteiger charge is -2.05. The molecular formula is C17H13N3O2S2. The van der Waals surface area contributed by atoms with Crippen molar-refractivity contribution in [3.63, 3.8) is 0 Å². The van der Waals surface area contributed by atoms with Gasteiger partial charge >= 0.3 is 4.87 Å². The molecule has 5 nitrogen and oxygen atoms in total. The molecule has 1 N–H and O–H groups in total. The summed E-state index contributed by atoms with van der Waals surface area (Å²) < 4.78 is 2.34. The lowest BCUT2D eigenvalue weighted by molar-refractivity contribution is -0.116. The molecule has 1 aliphatic carbocycles. The maximum atomic E-state index is 12.4. The summed E-state index contributed by atoms with van der Waals surface area (Å²) in [5, 5.41) is 12.8. The number of hydrogen-bond donors (Lipinski definition) is 1. The molecule has 0 radical (unpaired) electrons. The number of aromatic nitrogens is 1. The van der Waals surface area contributed by atoms with Gasteiger partial charge in [0.05, 0.1) is 15.8 Å². The molecule has 1 aliphatic rings. The van der Waals surface area contributed by atoms with Crippen LogP contribution < -0.4 is 10.2 Å². The van der Waals surface area contributed by atoms with E-state index in [1.807, 2.05) is 24.3 Å². The summed E-state index contributed by atoms with van der Waals surface area (Å²) in [6.45, 7) is -0.0454. The van der Waals surface area contributed by atoms with Crippen molar-refractivity contribution in [3.8, 4) is 6.07 Å². The summed E-state index contributed by atoms with van der Waals surface area (Å²) in [5.74, 6) is -0.280. The number of rotatable bonds is 3. The van der Waals surface area contributed by atoms with E-state index in [9.17, 15) is 14.9 Å². The summed E-state index contributed by atoms with van der Waals surface area (Å²) in [4.78, 5) is 25.6. The van der Waals surface area contributed by atoms with E-state index in [4.69, 9.17) is 0 Å². The molecule has 2 heterocycles. The number of fused-ring (bicyclic) bond motifs is 2. The van der Waals surface area contributed by atoms with Crippen molar-refractivity contribution in [2.75, 3.05) is 5.32 Å². The molecule has 0 saturated carbocycles. The first kappa shape index (κ1) is 15.1. The van der Waals surface area contributed by atoms with Crippen LogP contribution >= 0.6 is 22.7 Å². The van der Waals surface area contributed by atoms with Gasteiger partial charge in [-0.1, -0.05) is 23.5 Å². The zero-order valence-electron chi connectivity index (χ0n) is 12.7. The van der Waals surface area contributed by atoms with Crippen LogP contribution in [0.4, 0.5) is 5.00 Å². The van der Waals surface area contributed by atoms with Crippen LogP contribution in [0.1, 0.15) is 22.4 Å². The molecule has 1 aromatic carbocycles. The zero-order valence-corrected chi connectivity index (χ0v) is 14.3. The predicted molar refractivity (Wildman–Crippen MR) is 95.8 cm³/mol. The van der Waals surface area contributed by atoms with E-state index in [0.29, 0.717) is 10.6 Å². The Bertz CT molecular complexity index is 1050. The van der Waals surface area contributed by atoms with Crippen LogP contribution in [0.2, 0.25) is 0 Å². The second-order valence-electron chi connectivity index (χ2n) is 5.64. The molecule has 0 atom stereocenters. The summed E-state index contributed by atoms with van der Waals surface area (Å²) in [6, 6.07) is 9.63. The third-order valence-electron chi connectivity index (χ3n) is 4.16. The lowest BCUT2D eigenvalue weighted by atomic mass is 10.1. The first-order chi connectivity index (χ1) is 11.7. The highest BCUT2D eigenvalue weighted by atomic mass is 32.1. The van der Waals surface area contributed by atoms with Gasteiger partial charge in [-0.3, -0.25) is 14.2 Å². The number of carbonyl (C=O) groups excluding carboxylic acids is 1. The van der Waals surface area contributed by atoms with Crippen LogP contribution in [-0.2, 0) is 24.2 Å². The number of nitrogens with zero attached hydrogens (tertiary/aromatic N) is 2. The number of benzene rings is 1. The molecule has 0 unspecified atom stereocenters. The maximum Gasteiger partial charge on any atom is 0.308 e. The van der Waals surface area contributed by atoms with Gasteiger partial charge < -0.3 is 5.32 Å². The third kappa shape index (κ3) is 2.44. The number of thiazole rings is 1. The fraction of sp³-hybridized carbons (Fsp3) is 0.235. The topological polar surface area (TPSA) is 74.9 Å². The van der Waals surface area contributed by atoms with Crippen molar-refractivity contribution in [1.29, 1.82) is 5.26 Å². The summed E-state index contributed by atoms with van der Waals surface area (Å²) in [7, 11) is 0. The molecule has 0 bridgehead atoms. The van der Waals surface area contributed by atoms with E-state index in [2.05, 4.69) is 11.4 Å². The van der Waals surface area contributed by atoms with Gasteiger partial charge in [-0.25, -0.2) is 0 Å². The number of para-hydroxylation sites is 1. The first-order valence-electron chi connectivity index (χ1n) is 7.60. The highest BCUT2D eigenvalue weighted by Crippen LogP contribution is 2.38.